The van der Waals surface area contributed by atoms with Crippen molar-refractivity contribution in [3.63, 3.8) is 0 Å². The summed E-state index contributed by atoms with van der Waals surface area (Å²) in [7, 11) is 1.61. The molecule has 0 unspecified atom stereocenters. The van der Waals surface area contributed by atoms with Gasteiger partial charge in [0.05, 0.1) is 19.2 Å². The Morgan fingerprint density at radius 1 is 1.13 bits per heavy atom. The number of carbonyl (C=O) groups is 2. The third-order valence-electron chi connectivity index (χ3n) is 5.60. The molecule has 1 aromatic heterocycles. The number of nitriles is 1. The van der Waals surface area contributed by atoms with Crippen LogP contribution in [0.15, 0.2) is 24.3 Å². The molecule has 1 aliphatic heterocycles. The van der Waals surface area contributed by atoms with Crippen molar-refractivity contribution in [2.75, 3.05) is 45.2 Å². The van der Waals surface area contributed by atoms with Crippen molar-refractivity contribution >= 4 is 17.6 Å². The molecular formula is C22H27N5O3. The van der Waals surface area contributed by atoms with Crippen LogP contribution in [-0.2, 0) is 9.59 Å². The number of piperazine rings is 1. The molecule has 2 amide bonds. The second-order valence-corrected chi connectivity index (χ2v) is 7.41. The Hall–Kier alpha value is -3.31. The SMILES string of the molecule is COc1ccc(-n2c(C)c(C)c(C#N)c2NC(=O)CN2CCN(C(C)=O)CC2)cc1. The molecule has 8 nitrogen and oxygen atoms in total. The maximum Gasteiger partial charge on any atom is 0.239 e. The number of methoxy groups -OCH3 is 1. The number of rotatable bonds is 5. The van der Waals surface area contributed by atoms with Gasteiger partial charge in [0.25, 0.3) is 0 Å². The molecule has 1 fully saturated rings. The second kappa shape index (κ2) is 9.01. The van der Waals surface area contributed by atoms with E-state index in [1.54, 1.807) is 18.9 Å². The van der Waals surface area contributed by atoms with Crippen molar-refractivity contribution in [2.45, 2.75) is 20.8 Å². The largest absolute Gasteiger partial charge is 0.497 e. The smallest absolute Gasteiger partial charge is 0.239 e. The Balaban J connectivity index is 1.81. The minimum absolute atomic E-state index is 0.0565. The van der Waals surface area contributed by atoms with Gasteiger partial charge in [-0.1, -0.05) is 0 Å². The highest BCUT2D eigenvalue weighted by molar-refractivity contribution is 5.93. The number of carbonyl (C=O) groups excluding carboxylic acids is 2. The van der Waals surface area contributed by atoms with E-state index in [2.05, 4.69) is 11.4 Å². The van der Waals surface area contributed by atoms with E-state index in [-0.39, 0.29) is 18.4 Å². The molecule has 0 atom stereocenters. The topological polar surface area (TPSA) is 90.6 Å². The summed E-state index contributed by atoms with van der Waals surface area (Å²) in [5.74, 6) is 1.08. The molecule has 1 saturated heterocycles. The summed E-state index contributed by atoms with van der Waals surface area (Å²) in [6, 6.07) is 9.70. The molecule has 8 heteroatoms. The normalized spacial score (nSPS) is 14.3. The minimum Gasteiger partial charge on any atom is -0.497 e. The van der Waals surface area contributed by atoms with Gasteiger partial charge in [0, 0.05) is 44.5 Å². The van der Waals surface area contributed by atoms with Crippen LogP contribution in [0.25, 0.3) is 5.69 Å². The molecule has 0 spiro atoms. The molecule has 0 aliphatic carbocycles. The summed E-state index contributed by atoms with van der Waals surface area (Å²) in [6.45, 7) is 8.11. The molecular weight excluding hydrogens is 382 g/mol. The van der Waals surface area contributed by atoms with Crippen LogP contribution in [-0.4, -0.2) is 66.0 Å². The highest BCUT2D eigenvalue weighted by Crippen LogP contribution is 2.30. The first-order chi connectivity index (χ1) is 14.3. The molecule has 0 bridgehead atoms. The summed E-state index contributed by atoms with van der Waals surface area (Å²) >= 11 is 0. The zero-order valence-corrected chi connectivity index (χ0v) is 17.9. The van der Waals surface area contributed by atoms with E-state index in [1.807, 2.05) is 47.6 Å². The maximum atomic E-state index is 12.8. The van der Waals surface area contributed by atoms with Crippen LogP contribution in [0.5, 0.6) is 5.75 Å². The molecule has 1 N–H and O–H groups in total. The number of ether oxygens (including phenoxy) is 1. The number of nitrogens with zero attached hydrogens (tertiary/aromatic N) is 4. The zero-order valence-electron chi connectivity index (χ0n) is 17.9. The number of amides is 2. The van der Waals surface area contributed by atoms with Crippen molar-refractivity contribution in [1.82, 2.24) is 14.4 Å². The zero-order chi connectivity index (χ0) is 21.8. The molecule has 158 valence electrons. The first-order valence-electron chi connectivity index (χ1n) is 9.89. The van der Waals surface area contributed by atoms with Gasteiger partial charge < -0.3 is 15.0 Å². The molecule has 0 radical (unpaired) electrons. The molecule has 30 heavy (non-hydrogen) atoms. The van der Waals surface area contributed by atoms with Crippen LogP contribution < -0.4 is 10.1 Å². The highest BCUT2D eigenvalue weighted by atomic mass is 16.5. The number of aromatic nitrogens is 1. The van der Waals surface area contributed by atoms with E-state index < -0.39 is 0 Å². The molecule has 1 aliphatic rings. The lowest BCUT2D eigenvalue weighted by Crippen LogP contribution is -2.49. The van der Waals surface area contributed by atoms with E-state index >= 15 is 0 Å². The fraction of sp³-hybridized carbons (Fsp3) is 0.409. The van der Waals surface area contributed by atoms with Gasteiger partial charge in [-0.15, -0.1) is 0 Å². The van der Waals surface area contributed by atoms with E-state index in [0.717, 1.165) is 22.7 Å². The van der Waals surface area contributed by atoms with Crippen LogP contribution in [0.3, 0.4) is 0 Å². The first-order valence-corrected chi connectivity index (χ1v) is 9.89. The maximum absolute atomic E-state index is 12.8. The summed E-state index contributed by atoms with van der Waals surface area (Å²) < 4.78 is 7.11. The van der Waals surface area contributed by atoms with Crippen molar-refractivity contribution in [2.24, 2.45) is 0 Å². The van der Waals surface area contributed by atoms with Gasteiger partial charge >= 0.3 is 0 Å². The average molecular weight is 409 g/mol. The lowest BCUT2D eigenvalue weighted by molar-refractivity contribution is -0.130. The van der Waals surface area contributed by atoms with Crippen LogP contribution in [0.4, 0.5) is 5.82 Å². The average Bonchev–Trinajstić information content (AvgIpc) is 2.97. The fourth-order valence-corrected chi connectivity index (χ4v) is 3.71. The summed E-state index contributed by atoms with van der Waals surface area (Å²) in [5.41, 5.74) is 3.02. The van der Waals surface area contributed by atoms with Gasteiger partial charge in [0.15, 0.2) is 0 Å². The van der Waals surface area contributed by atoms with Crippen LogP contribution >= 0.6 is 0 Å². The number of nitrogens with one attached hydrogen (secondary N) is 1. The Bertz CT molecular complexity index is 980. The van der Waals surface area contributed by atoms with Gasteiger partial charge in [-0.25, -0.2) is 0 Å². The van der Waals surface area contributed by atoms with Crippen LogP contribution in [0, 0.1) is 25.2 Å². The van der Waals surface area contributed by atoms with E-state index in [9.17, 15) is 14.9 Å². The lowest BCUT2D eigenvalue weighted by Gasteiger charge is -2.33. The van der Waals surface area contributed by atoms with E-state index in [4.69, 9.17) is 4.74 Å². The Labute approximate surface area is 176 Å². The van der Waals surface area contributed by atoms with E-state index in [1.165, 1.54) is 0 Å². The molecule has 2 heterocycles. The predicted molar refractivity (Wildman–Crippen MR) is 114 cm³/mol. The van der Waals surface area contributed by atoms with Gasteiger partial charge in [-0.2, -0.15) is 5.26 Å². The second-order valence-electron chi connectivity index (χ2n) is 7.41. The van der Waals surface area contributed by atoms with Gasteiger partial charge in [-0.3, -0.25) is 19.1 Å². The van der Waals surface area contributed by atoms with Crippen LogP contribution in [0.2, 0.25) is 0 Å². The van der Waals surface area contributed by atoms with Gasteiger partial charge in [0.2, 0.25) is 11.8 Å². The summed E-state index contributed by atoms with van der Waals surface area (Å²) in [5, 5.41) is 12.6. The number of anilines is 1. The molecule has 0 saturated carbocycles. The van der Waals surface area contributed by atoms with Gasteiger partial charge in [0.1, 0.15) is 17.6 Å². The molecule has 2 aromatic rings. The van der Waals surface area contributed by atoms with Crippen LogP contribution in [0.1, 0.15) is 23.7 Å². The minimum atomic E-state index is -0.185. The van der Waals surface area contributed by atoms with Crippen molar-refractivity contribution in [3.8, 4) is 17.5 Å². The third kappa shape index (κ3) is 4.31. The Morgan fingerprint density at radius 3 is 2.30 bits per heavy atom. The number of hydrogen-bond donors (Lipinski definition) is 1. The Morgan fingerprint density at radius 2 is 1.77 bits per heavy atom. The Kier molecular flexibility index (Phi) is 6.43. The van der Waals surface area contributed by atoms with E-state index in [0.29, 0.717) is 37.6 Å². The standard InChI is InChI=1S/C22H27N5O3/c1-15-16(2)27(18-5-7-19(30-4)8-6-18)22(20(15)13-23)24-21(29)14-25-9-11-26(12-10-25)17(3)28/h5-8H,9-12,14H2,1-4H3,(H,24,29). The quantitative estimate of drug-likeness (QED) is 0.817. The fourth-order valence-electron chi connectivity index (χ4n) is 3.71. The predicted octanol–water partition coefficient (Wildman–Crippen LogP) is 2.08. The molecule has 3 rings (SSSR count). The lowest BCUT2D eigenvalue weighted by atomic mass is 10.2. The highest BCUT2D eigenvalue weighted by Gasteiger charge is 2.24. The monoisotopic (exact) mass is 409 g/mol. The van der Waals surface area contributed by atoms with Gasteiger partial charge in [-0.05, 0) is 43.7 Å². The summed E-state index contributed by atoms with van der Waals surface area (Å²) in [4.78, 5) is 28.1. The molecule has 1 aromatic carbocycles. The van der Waals surface area contributed by atoms with Crippen molar-refractivity contribution < 1.29 is 14.3 Å². The summed E-state index contributed by atoms with van der Waals surface area (Å²) in [6.07, 6.45) is 0. The number of hydrogen-bond acceptors (Lipinski definition) is 5. The van der Waals surface area contributed by atoms with Crippen molar-refractivity contribution in [3.05, 3.63) is 41.1 Å². The number of benzene rings is 1. The van der Waals surface area contributed by atoms with Crippen molar-refractivity contribution in [1.29, 1.82) is 5.26 Å². The third-order valence-corrected chi connectivity index (χ3v) is 5.60. The first kappa shape index (κ1) is 21.4.